The number of hydrogen-bond donors (Lipinski definition) is 2. The Bertz CT molecular complexity index is 1180. The van der Waals surface area contributed by atoms with Gasteiger partial charge in [0.25, 0.3) is 0 Å². The van der Waals surface area contributed by atoms with Crippen LogP contribution in [0.15, 0.2) is 36.7 Å². The number of aliphatic hydroxyl groups excluding tert-OH is 1. The molecule has 0 saturated carbocycles. The van der Waals surface area contributed by atoms with Crippen LogP contribution in [0.1, 0.15) is 57.2 Å². The van der Waals surface area contributed by atoms with Crippen LogP contribution in [-0.2, 0) is 11.3 Å². The van der Waals surface area contributed by atoms with Gasteiger partial charge in [-0.25, -0.2) is 18.7 Å². The summed E-state index contributed by atoms with van der Waals surface area (Å²) < 4.78 is 27.1. The fourth-order valence-electron chi connectivity index (χ4n) is 4.21. The standard InChI is InChI=1S/C25H32FN5O4/c1-25(2,3)35-24(33)27-10-5-13-34-21-8-7-18(26)14-19(21)20-6-4-11-30(20)22-9-12-31-23(29-22)17(16-32)15-28-31/h7-9,12,14-15,20,32H,4-6,10-11,13,16H2,1-3H3,(H,27,33)/t20-/m1/s1. The number of nitrogens with one attached hydrogen (secondary N) is 1. The van der Waals surface area contributed by atoms with E-state index in [-0.39, 0.29) is 18.5 Å². The van der Waals surface area contributed by atoms with Crippen molar-refractivity contribution in [2.24, 2.45) is 0 Å². The number of anilines is 1. The van der Waals surface area contributed by atoms with Crippen molar-refractivity contribution in [1.82, 2.24) is 19.9 Å². The molecule has 2 aromatic heterocycles. The SMILES string of the molecule is CC(C)(C)OC(=O)NCCCOc1ccc(F)cc1[C@H]1CCCN1c1ccn2ncc(CO)c2n1. The molecule has 4 rings (SSSR count). The van der Waals surface area contributed by atoms with Gasteiger partial charge in [0.15, 0.2) is 5.65 Å². The van der Waals surface area contributed by atoms with Crippen LogP contribution in [0.5, 0.6) is 5.75 Å². The molecule has 0 bridgehead atoms. The highest BCUT2D eigenvalue weighted by Crippen LogP contribution is 2.40. The number of alkyl carbamates (subject to hydrolysis) is 1. The van der Waals surface area contributed by atoms with E-state index >= 15 is 0 Å². The van der Waals surface area contributed by atoms with E-state index in [4.69, 9.17) is 14.5 Å². The van der Waals surface area contributed by atoms with Crippen molar-refractivity contribution >= 4 is 17.6 Å². The summed E-state index contributed by atoms with van der Waals surface area (Å²) in [6.45, 7) is 6.83. The van der Waals surface area contributed by atoms with E-state index in [9.17, 15) is 14.3 Å². The van der Waals surface area contributed by atoms with E-state index < -0.39 is 11.7 Å². The van der Waals surface area contributed by atoms with Gasteiger partial charge >= 0.3 is 6.09 Å². The quantitative estimate of drug-likeness (QED) is 0.465. The molecule has 1 aromatic carbocycles. The number of benzene rings is 1. The summed E-state index contributed by atoms with van der Waals surface area (Å²) in [6.07, 6.45) is 5.29. The first-order valence-electron chi connectivity index (χ1n) is 11.8. The minimum atomic E-state index is -0.548. The zero-order valence-electron chi connectivity index (χ0n) is 20.3. The third-order valence-corrected chi connectivity index (χ3v) is 5.72. The van der Waals surface area contributed by atoms with Gasteiger partial charge in [-0.15, -0.1) is 0 Å². The fourth-order valence-corrected chi connectivity index (χ4v) is 4.21. The molecule has 10 heteroatoms. The highest BCUT2D eigenvalue weighted by molar-refractivity contribution is 5.67. The Kier molecular flexibility index (Phi) is 7.39. The smallest absolute Gasteiger partial charge is 0.407 e. The van der Waals surface area contributed by atoms with Crippen molar-refractivity contribution in [2.75, 3.05) is 24.6 Å². The van der Waals surface area contributed by atoms with E-state index in [1.54, 1.807) is 16.8 Å². The number of aliphatic hydroxyl groups is 1. The molecule has 1 aliphatic heterocycles. The van der Waals surface area contributed by atoms with Gasteiger partial charge in [0, 0.05) is 30.4 Å². The molecule has 1 amide bonds. The molecule has 0 aliphatic carbocycles. The van der Waals surface area contributed by atoms with Gasteiger partial charge in [-0.2, -0.15) is 5.10 Å². The predicted octanol–water partition coefficient (Wildman–Crippen LogP) is 4.00. The highest BCUT2D eigenvalue weighted by atomic mass is 19.1. The first-order chi connectivity index (χ1) is 16.7. The van der Waals surface area contributed by atoms with Crippen molar-refractivity contribution < 1.29 is 23.8 Å². The Morgan fingerprint density at radius 1 is 1.31 bits per heavy atom. The molecule has 3 heterocycles. The zero-order chi connectivity index (χ0) is 25.0. The van der Waals surface area contributed by atoms with Gasteiger partial charge in [-0.1, -0.05) is 0 Å². The van der Waals surface area contributed by atoms with Crippen molar-refractivity contribution in [3.8, 4) is 5.75 Å². The van der Waals surface area contributed by atoms with Crippen LogP contribution in [0, 0.1) is 5.82 Å². The lowest BCUT2D eigenvalue weighted by Gasteiger charge is -2.27. The Labute approximate surface area is 203 Å². The number of ether oxygens (including phenoxy) is 2. The van der Waals surface area contributed by atoms with Crippen LogP contribution >= 0.6 is 0 Å². The van der Waals surface area contributed by atoms with Crippen LogP contribution in [0.25, 0.3) is 5.65 Å². The summed E-state index contributed by atoms with van der Waals surface area (Å²) in [6, 6.07) is 6.34. The van der Waals surface area contributed by atoms with Crippen LogP contribution in [0.4, 0.5) is 15.0 Å². The summed E-state index contributed by atoms with van der Waals surface area (Å²) in [5.74, 6) is 1.03. The summed E-state index contributed by atoms with van der Waals surface area (Å²) in [7, 11) is 0. The average Bonchev–Trinajstić information content (AvgIpc) is 3.45. The number of halogens is 1. The van der Waals surface area contributed by atoms with Crippen molar-refractivity contribution in [3.05, 3.63) is 53.6 Å². The molecule has 0 radical (unpaired) electrons. The first kappa shape index (κ1) is 24.7. The monoisotopic (exact) mass is 485 g/mol. The maximum Gasteiger partial charge on any atom is 0.407 e. The second-order valence-electron chi connectivity index (χ2n) is 9.55. The number of nitrogens with zero attached hydrogens (tertiary/aromatic N) is 4. The molecule has 35 heavy (non-hydrogen) atoms. The van der Waals surface area contributed by atoms with Gasteiger partial charge in [0.2, 0.25) is 0 Å². The van der Waals surface area contributed by atoms with Crippen molar-refractivity contribution in [3.63, 3.8) is 0 Å². The second kappa shape index (κ2) is 10.5. The third-order valence-electron chi connectivity index (χ3n) is 5.72. The van der Waals surface area contributed by atoms with Gasteiger partial charge < -0.3 is 24.8 Å². The summed E-state index contributed by atoms with van der Waals surface area (Å²) in [5, 5.41) is 16.5. The van der Waals surface area contributed by atoms with E-state index in [0.29, 0.717) is 36.5 Å². The molecule has 188 valence electrons. The van der Waals surface area contributed by atoms with Crippen molar-refractivity contribution in [1.29, 1.82) is 0 Å². The summed E-state index contributed by atoms with van der Waals surface area (Å²) >= 11 is 0. The van der Waals surface area contributed by atoms with Crippen LogP contribution in [0.2, 0.25) is 0 Å². The lowest BCUT2D eigenvalue weighted by molar-refractivity contribution is 0.0525. The summed E-state index contributed by atoms with van der Waals surface area (Å²) in [4.78, 5) is 18.6. The van der Waals surface area contributed by atoms with Crippen LogP contribution in [0.3, 0.4) is 0 Å². The Balaban J connectivity index is 1.45. The van der Waals surface area contributed by atoms with Crippen LogP contribution in [-0.4, -0.2) is 51.1 Å². The van der Waals surface area contributed by atoms with Gasteiger partial charge in [0.1, 0.15) is 23.0 Å². The van der Waals surface area contributed by atoms with Gasteiger partial charge in [0.05, 0.1) is 25.5 Å². The maximum atomic E-state index is 14.3. The van der Waals surface area contributed by atoms with Gasteiger partial charge in [-0.05, 0) is 64.3 Å². The largest absolute Gasteiger partial charge is 0.493 e. The van der Waals surface area contributed by atoms with Crippen molar-refractivity contribution in [2.45, 2.75) is 58.3 Å². The number of carbonyl (C=O) groups excluding carboxylic acids is 1. The molecule has 0 unspecified atom stereocenters. The molecule has 3 aromatic rings. The molecular formula is C25H32FN5O4. The van der Waals surface area contributed by atoms with Gasteiger partial charge in [-0.3, -0.25) is 0 Å². The Morgan fingerprint density at radius 3 is 2.91 bits per heavy atom. The predicted molar refractivity (Wildman–Crippen MR) is 129 cm³/mol. The third kappa shape index (κ3) is 6.00. The topological polar surface area (TPSA) is 101 Å². The molecule has 0 spiro atoms. The normalized spacial score (nSPS) is 16.0. The molecule has 9 nitrogen and oxygen atoms in total. The maximum absolute atomic E-state index is 14.3. The number of hydrogen-bond acceptors (Lipinski definition) is 7. The number of amides is 1. The molecule has 1 aliphatic rings. The van der Waals surface area contributed by atoms with E-state index in [1.807, 2.05) is 33.0 Å². The van der Waals surface area contributed by atoms with E-state index in [2.05, 4.69) is 15.3 Å². The summed E-state index contributed by atoms with van der Waals surface area (Å²) in [5.41, 5.74) is 1.47. The number of aromatic nitrogens is 3. The Morgan fingerprint density at radius 2 is 2.14 bits per heavy atom. The molecule has 1 fully saturated rings. The fraction of sp³-hybridized carbons (Fsp3) is 0.480. The lowest BCUT2D eigenvalue weighted by Crippen LogP contribution is -2.33. The minimum absolute atomic E-state index is 0.101. The van der Waals surface area contributed by atoms with E-state index in [0.717, 1.165) is 30.8 Å². The number of fused-ring (bicyclic) bond motifs is 1. The van der Waals surface area contributed by atoms with Crippen LogP contribution < -0.4 is 15.0 Å². The molecule has 1 saturated heterocycles. The highest BCUT2D eigenvalue weighted by Gasteiger charge is 2.30. The Hall–Kier alpha value is -3.40. The second-order valence-corrected chi connectivity index (χ2v) is 9.55. The van der Waals surface area contributed by atoms with E-state index in [1.165, 1.54) is 12.1 Å². The number of rotatable bonds is 8. The first-order valence-corrected chi connectivity index (χ1v) is 11.8. The average molecular weight is 486 g/mol. The zero-order valence-corrected chi connectivity index (χ0v) is 20.3. The number of carbonyl (C=O) groups is 1. The lowest BCUT2D eigenvalue weighted by atomic mass is 10.0. The molecule has 1 atom stereocenters. The molecular weight excluding hydrogens is 453 g/mol. The molecule has 2 N–H and O–H groups in total. The minimum Gasteiger partial charge on any atom is -0.493 e.